The Hall–Kier alpha value is -0.710. The summed E-state index contributed by atoms with van der Waals surface area (Å²) in [6, 6.07) is 0. The normalized spacial score (nSPS) is 17.2. The van der Waals surface area contributed by atoms with Crippen LogP contribution >= 0.6 is 11.8 Å². The lowest BCUT2D eigenvalue weighted by atomic mass is 9.76. The van der Waals surface area contributed by atoms with Crippen LogP contribution in [-0.4, -0.2) is 34.0 Å². The van der Waals surface area contributed by atoms with Crippen molar-refractivity contribution in [3.05, 3.63) is 0 Å². The van der Waals surface area contributed by atoms with Gasteiger partial charge in [-0.1, -0.05) is 13.3 Å². The van der Waals surface area contributed by atoms with E-state index < -0.39 is 11.5 Å². The van der Waals surface area contributed by atoms with Crippen molar-refractivity contribution < 1.29 is 14.7 Å². The zero-order chi connectivity index (χ0) is 12.7. The summed E-state index contributed by atoms with van der Waals surface area (Å²) in [6.45, 7) is 2.14. The lowest BCUT2D eigenvalue weighted by molar-refractivity contribution is -0.151. The summed E-state index contributed by atoms with van der Waals surface area (Å²) in [4.78, 5) is 22.6. The van der Waals surface area contributed by atoms with Gasteiger partial charge in [0.1, 0.15) is 5.54 Å². The molecule has 2 N–H and O–H groups in total. The molecule has 1 rings (SSSR count). The van der Waals surface area contributed by atoms with Crippen molar-refractivity contribution in [3.8, 4) is 0 Å². The van der Waals surface area contributed by atoms with Crippen molar-refractivity contribution in [2.45, 2.75) is 51.0 Å². The highest BCUT2D eigenvalue weighted by Crippen LogP contribution is 2.32. The van der Waals surface area contributed by atoms with Crippen LogP contribution in [0.1, 0.15) is 45.4 Å². The molecule has 0 aromatic heterocycles. The molecule has 1 aliphatic carbocycles. The molecule has 0 bridgehead atoms. The molecule has 0 aromatic carbocycles. The molecule has 0 atom stereocenters. The molecule has 98 valence electrons. The van der Waals surface area contributed by atoms with Crippen LogP contribution in [0.5, 0.6) is 0 Å². The van der Waals surface area contributed by atoms with Gasteiger partial charge in [-0.05, 0) is 31.4 Å². The Morgan fingerprint density at radius 1 is 1.35 bits per heavy atom. The summed E-state index contributed by atoms with van der Waals surface area (Å²) in [7, 11) is 0. The van der Waals surface area contributed by atoms with Gasteiger partial charge in [-0.15, -0.1) is 0 Å². The van der Waals surface area contributed by atoms with E-state index in [0.29, 0.717) is 19.3 Å². The Labute approximate surface area is 107 Å². The maximum Gasteiger partial charge on any atom is 0.329 e. The van der Waals surface area contributed by atoms with Gasteiger partial charge in [-0.2, -0.15) is 11.8 Å². The van der Waals surface area contributed by atoms with Gasteiger partial charge in [0.05, 0.1) is 0 Å². The van der Waals surface area contributed by atoms with E-state index in [4.69, 9.17) is 5.11 Å². The number of hydrogen-bond donors (Lipinski definition) is 2. The first-order valence-corrected chi connectivity index (χ1v) is 7.38. The zero-order valence-corrected chi connectivity index (χ0v) is 11.1. The molecule has 4 nitrogen and oxygen atoms in total. The lowest BCUT2D eigenvalue weighted by Gasteiger charge is -2.38. The number of rotatable bonds is 8. The van der Waals surface area contributed by atoms with Crippen LogP contribution in [0.2, 0.25) is 0 Å². The fraction of sp³-hybridized carbons (Fsp3) is 0.833. The summed E-state index contributed by atoms with van der Waals surface area (Å²) in [5.74, 6) is 0.835. The number of hydrogen-bond acceptors (Lipinski definition) is 3. The molecule has 1 amide bonds. The van der Waals surface area contributed by atoms with Crippen molar-refractivity contribution >= 4 is 23.6 Å². The van der Waals surface area contributed by atoms with Crippen molar-refractivity contribution in [1.29, 1.82) is 0 Å². The monoisotopic (exact) mass is 259 g/mol. The Kier molecular flexibility index (Phi) is 5.82. The van der Waals surface area contributed by atoms with Crippen LogP contribution in [0.25, 0.3) is 0 Å². The number of unbranched alkanes of at least 4 members (excludes halogenated alkanes) is 1. The van der Waals surface area contributed by atoms with Gasteiger partial charge in [-0.25, -0.2) is 4.79 Å². The highest BCUT2D eigenvalue weighted by atomic mass is 32.2. The molecule has 0 heterocycles. The topological polar surface area (TPSA) is 66.4 Å². The van der Waals surface area contributed by atoms with Gasteiger partial charge in [0.15, 0.2) is 0 Å². The quantitative estimate of drug-likeness (QED) is 0.655. The van der Waals surface area contributed by atoms with Gasteiger partial charge in [0, 0.05) is 12.2 Å². The largest absolute Gasteiger partial charge is 0.480 e. The van der Waals surface area contributed by atoms with Gasteiger partial charge in [0.2, 0.25) is 5.91 Å². The lowest BCUT2D eigenvalue weighted by Crippen LogP contribution is -2.59. The first-order chi connectivity index (χ1) is 8.10. The van der Waals surface area contributed by atoms with Crippen LogP contribution < -0.4 is 5.32 Å². The molecule has 0 unspecified atom stereocenters. The highest BCUT2D eigenvalue weighted by Gasteiger charge is 2.45. The molecule has 1 saturated carbocycles. The van der Waals surface area contributed by atoms with Crippen molar-refractivity contribution in [2.75, 3.05) is 11.5 Å². The summed E-state index contributed by atoms with van der Waals surface area (Å²) < 4.78 is 0. The van der Waals surface area contributed by atoms with Gasteiger partial charge < -0.3 is 10.4 Å². The number of carboxylic acids is 1. The average Bonchev–Trinajstić information content (AvgIpc) is 2.22. The highest BCUT2D eigenvalue weighted by molar-refractivity contribution is 7.99. The Balaban J connectivity index is 2.18. The SMILES string of the molecule is CCCCSCCC(=O)NC1(C(=O)O)CCC1. The Morgan fingerprint density at radius 2 is 2.06 bits per heavy atom. The summed E-state index contributed by atoms with van der Waals surface area (Å²) in [5.41, 5.74) is -0.953. The molecule has 5 heteroatoms. The number of carbonyl (C=O) groups excluding carboxylic acids is 1. The number of aliphatic carboxylic acids is 1. The van der Waals surface area contributed by atoms with E-state index in [2.05, 4.69) is 12.2 Å². The van der Waals surface area contributed by atoms with E-state index in [1.54, 1.807) is 11.8 Å². The van der Waals surface area contributed by atoms with Crippen molar-refractivity contribution in [1.82, 2.24) is 5.32 Å². The van der Waals surface area contributed by atoms with Crippen LogP contribution in [0.3, 0.4) is 0 Å². The van der Waals surface area contributed by atoms with Gasteiger partial charge >= 0.3 is 5.97 Å². The minimum absolute atomic E-state index is 0.129. The molecule has 0 aliphatic heterocycles. The van der Waals surface area contributed by atoms with Gasteiger partial charge in [-0.3, -0.25) is 4.79 Å². The number of nitrogens with one attached hydrogen (secondary N) is 1. The van der Waals surface area contributed by atoms with Crippen LogP contribution in [-0.2, 0) is 9.59 Å². The number of thioether (sulfide) groups is 1. The molecular formula is C12H21NO3S. The maximum absolute atomic E-state index is 11.6. The molecule has 0 saturated heterocycles. The predicted molar refractivity (Wildman–Crippen MR) is 69.2 cm³/mol. The maximum atomic E-state index is 11.6. The zero-order valence-electron chi connectivity index (χ0n) is 10.3. The number of amides is 1. The van der Waals surface area contributed by atoms with Crippen LogP contribution in [0.15, 0.2) is 0 Å². The molecular weight excluding hydrogens is 238 g/mol. The van der Waals surface area contributed by atoms with Crippen LogP contribution in [0, 0.1) is 0 Å². The minimum atomic E-state index is -0.953. The summed E-state index contributed by atoms with van der Waals surface area (Å²) in [6.07, 6.45) is 4.78. The fourth-order valence-electron chi connectivity index (χ4n) is 1.77. The number of carboxylic acid groups (broad SMARTS) is 1. The third kappa shape index (κ3) is 4.22. The standard InChI is InChI=1S/C12H21NO3S/c1-2-3-8-17-9-5-10(14)13-12(11(15)16)6-4-7-12/h2-9H2,1H3,(H,13,14)(H,15,16). The molecule has 1 fully saturated rings. The predicted octanol–water partition coefficient (Wildman–Crippen LogP) is 2.03. The van der Waals surface area contributed by atoms with E-state index in [-0.39, 0.29) is 5.91 Å². The van der Waals surface area contributed by atoms with E-state index in [1.165, 1.54) is 12.8 Å². The molecule has 0 aromatic rings. The van der Waals surface area contributed by atoms with E-state index >= 15 is 0 Å². The second-order valence-electron chi connectivity index (χ2n) is 4.50. The molecule has 0 spiro atoms. The Morgan fingerprint density at radius 3 is 2.53 bits per heavy atom. The first kappa shape index (κ1) is 14.4. The van der Waals surface area contributed by atoms with Crippen molar-refractivity contribution in [3.63, 3.8) is 0 Å². The molecule has 17 heavy (non-hydrogen) atoms. The van der Waals surface area contributed by atoms with E-state index in [0.717, 1.165) is 17.9 Å². The van der Waals surface area contributed by atoms with E-state index in [1.807, 2.05) is 0 Å². The van der Waals surface area contributed by atoms with E-state index in [9.17, 15) is 9.59 Å². The smallest absolute Gasteiger partial charge is 0.329 e. The first-order valence-electron chi connectivity index (χ1n) is 6.23. The summed E-state index contributed by atoms with van der Waals surface area (Å²) in [5, 5.41) is 11.7. The van der Waals surface area contributed by atoms with Gasteiger partial charge in [0.25, 0.3) is 0 Å². The second-order valence-corrected chi connectivity index (χ2v) is 5.73. The fourth-order valence-corrected chi connectivity index (χ4v) is 2.79. The minimum Gasteiger partial charge on any atom is -0.480 e. The Bertz CT molecular complexity index is 277. The number of carbonyl (C=O) groups is 2. The molecule has 0 radical (unpaired) electrons. The third-order valence-electron chi connectivity index (χ3n) is 3.11. The third-order valence-corrected chi connectivity index (χ3v) is 4.18. The summed E-state index contributed by atoms with van der Waals surface area (Å²) >= 11 is 1.76. The average molecular weight is 259 g/mol. The second kappa shape index (κ2) is 6.89. The van der Waals surface area contributed by atoms with Crippen molar-refractivity contribution in [2.24, 2.45) is 0 Å². The molecule has 1 aliphatic rings. The van der Waals surface area contributed by atoms with Crippen LogP contribution in [0.4, 0.5) is 0 Å².